The van der Waals surface area contributed by atoms with E-state index in [9.17, 15) is 9.59 Å². The minimum atomic E-state index is -0.452. The van der Waals surface area contributed by atoms with Crippen LogP contribution in [0.3, 0.4) is 0 Å². The summed E-state index contributed by atoms with van der Waals surface area (Å²) in [6, 6.07) is 13.1. The minimum absolute atomic E-state index is 0.0464. The second-order valence-corrected chi connectivity index (χ2v) is 7.97. The molecule has 8 heteroatoms. The molecule has 1 heterocycles. The molecule has 0 aliphatic heterocycles. The van der Waals surface area contributed by atoms with Crippen molar-refractivity contribution < 1.29 is 19.1 Å². The Kier molecular flexibility index (Phi) is 8.07. The van der Waals surface area contributed by atoms with Crippen LogP contribution in [-0.4, -0.2) is 34.6 Å². The van der Waals surface area contributed by atoms with Crippen molar-refractivity contribution in [1.82, 2.24) is 20.4 Å². The third kappa shape index (κ3) is 6.58. The van der Waals surface area contributed by atoms with E-state index in [1.165, 1.54) is 6.08 Å². The van der Waals surface area contributed by atoms with Gasteiger partial charge >= 0.3 is 0 Å². The molecule has 2 N–H and O–H groups in total. The summed E-state index contributed by atoms with van der Waals surface area (Å²) >= 11 is 0. The zero-order valence-corrected chi connectivity index (χ0v) is 19.4. The predicted molar refractivity (Wildman–Crippen MR) is 128 cm³/mol. The highest BCUT2D eigenvalue weighted by Crippen LogP contribution is 2.29. The van der Waals surface area contributed by atoms with Crippen molar-refractivity contribution in [2.45, 2.75) is 27.2 Å². The molecular formula is C25H30N4O4. The van der Waals surface area contributed by atoms with E-state index in [-0.39, 0.29) is 12.3 Å². The average Bonchev–Trinajstić information content (AvgIpc) is 3.11. The first-order valence-electron chi connectivity index (χ1n) is 10.9. The molecule has 0 radical (unpaired) electrons. The summed E-state index contributed by atoms with van der Waals surface area (Å²) in [6.07, 6.45) is 3.03. The Labute approximate surface area is 193 Å². The summed E-state index contributed by atoms with van der Waals surface area (Å²) in [5.41, 5.74) is 7.35. The Morgan fingerprint density at radius 2 is 1.88 bits per heavy atom. The lowest BCUT2D eigenvalue weighted by Crippen LogP contribution is -2.41. The standard InChI is InChI=1S/C25H30N4O4/c1-5-32-22-14-18(10-12-21(22)33-16-17(2)3)11-13-24(30)27-28-25(31)15-23-26-19-8-6-7-9-20(19)29(23)4/h6-14,17H,5,15-16H2,1-4H3,(H,27,30)(H,28,31)/b13-11+. The largest absolute Gasteiger partial charge is 0.490 e. The van der Waals surface area contributed by atoms with Gasteiger partial charge in [-0.15, -0.1) is 0 Å². The topological polar surface area (TPSA) is 94.5 Å². The number of nitrogens with zero attached hydrogens (tertiary/aromatic N) is 2. The Bertz CT molecular complexity index is 1150. The average molecular weight is 451 g/mol. The van der Waals surface area contributed by atoms with Crippen molar-refractivity contribution in [3.8, 4) is 11.5 Å². The SMILES string of the molecule is CCOc1cc(/C=C/C(=O)NNC(=O)Cc2nc3ccccc3n2C)ccc1OCC(C)C. The molecule has 0 atom stereocenters. The first kappa shape index (κ1) is 23.8. The first-order chi connectivity index (χ1) is 15.9. The molecule has 0 aliphatic carbocycles. The molecular weight excluding hydrogens is 420 g/mol. The molecule has 2 amide bonds. The number of carbonyl (C=O) groups excluding carboxylic acids is 2. The molecule has 174 valence electrons. The zero-order valence-electron chi connectivity index (χ0n) is 19.4. The summed E-state index contributed by atoms with van der Waals surface area (Å²) in [4.78, 5) is 28.9. The number of aromatic nitrogens is 2. The number of rotatable bonds is 9. The van der Waals surface area contributed by atoms with Gasteiger partial charge in [-0.05, 0) is 48.7 Å². The highest BCUT2D eigenvalue weighted by Gasteiger charge is 2.12. The molecule has 0 spiro atoms. The lowest BCUT2D eigenvalue weighted by Gasteiger charge is -2.14. The summed E-state index contributed by atoms with van der Waals surface area (Å²) in [5.74, 6) is 1.49. The van der Waals surface area contributed by atoms with Gasteiger partial charge in [0.1, 0.15) is 5.82 Å². The van der Waals surface area contributed by atoms with Crippen LogP contribution in [0.1, 0.15) is 32.2 Å². The van der Waals surface area contributed by atoms with Gasteiger partial charge in [0, 0.05) is 13.1 Å². The van der Waals surface area contributed by atoms with Crippen LogP contribution in [0.25, 0.3) is 17.1 Å². The van der Waals surface area contributed by atoms with E-state index in [4.69, 9.17) is 9.47 Å². The van der Waals surface area contributed by atoms with Crippen LogP contribution in [0.2, 0.25) is 0 Å². The fraction of sp³-hybridized carbons (Fsp3) is 0.320. The van der Waals surface area contributed by atoms with Gasteiger partial charge in [-0.2, -0.15) is 0 Å². The number of nitrogens with one attached hydrogen (secondary N) is 2. The highest BCUT2D eigenvalue weighted by atomic mass is 16.5. The van der Waals surface area contributed by atoms with Gasteiger partial charge in [-0.1, -0.05) is 32.0 Å². The van der Waals surface area contributed by atoms with Gasteiger partial charge in [0.05, 0.1) is 30.7 Å². The molecule has 0 saturated carbocycles. The van der Waals surface area contributed by atoms with Gasteiger partial charge in [0.2, 0.25) is 5.91 Å². The molecule has 0 saturated heterocycles. The monoisotopic (exact) mass is 450 g/mol. The van der Waals surface area contributed by atoms with Crippen LogP contribution in [0.15, 0.2) is 48.5 Å². The van der Waals surface area contributed by atoms with E-state index in [1.807, 2.05) is 61.0 Å². The van der Waals surface area contributed by atoms with Gasteiger partial charge in [-0.3, -0.25) is 20.4 Å². The summed E-state index contributed by atoms with van der Waals surface area (Å²) < 4.78 is 13.3. The van der Waals surface area contributed by atoms with E-state index >= 15 is 0 Å². The van der Waals surface area contributed by atoms with E-state index in [0.717, 1.165) is 16.6 Å². The lowest BCUT2D eigenvalue weighted by atomic mass is 10.2. The van der Waals surface area contributed by atoms with Crippen LogP contribution in [0.5, 0.6) is 11.5 Å². The van der Waals surface area contributed by atoms with Crippen LogP contribution < -0.4 is 20.3 Å². The van der Waals surface area contributed by atoms with Crippen LogP contribution in [0, 0.1) is 5.92 Å². The van der Waals surface area contributed by atoms with Gasteiger partial charge in [-0.25, -0.2) is 4.98 Å². The number of carbonyl (C=O) groups is 2. The Morgan fingerprint density at radius 3 is 2.61 bits per heavy atom. The summed E-state index contributed by atoms with van der Waals surface area (Å²) in [5, 5.41) is 0. The van der Waals surface area contributed by atoms with Crippen LogP contribution in [0.4, 0.5) is 0 Å². The number of para-hydroxylation sites is 2. The Balaban J connectivity index is 1.55. The zero-order chi connectivity index (χ0) is 23.8. The van der Waals surface area contributed by atoms with E-state index in [2.05, 4.69) is 29.7 Å². The van der Waals surface area contributed by atoms with Crippen molar-refractivity contribution in [3.63, 3.8) is 0 Å². The lowest BCUT2D eigenvalue weighted by molar-refractivity contribution is -0.126. The number of amides is 2. The van der Waals surface area contributed by atoms with E-state index < -0.39 is 5.91 Å². The maximum Gasteiger partial charge on any atom is 0.262 e. The number of imidazole rings is 1. The smallest absolute Gasteiger partial charge is 0.262 e. The molecule has 2 aromatic carbocycles. The van der Waals surface area contributed by atoms with Gasteiger partial charge in [0.25, 0.3) is 5.91 Å². The number of hydrazine groups is 1. The maximum atomic E-state index is 12.2. The molecule has 33 heavy (non-hydrogen) atoms. The van der Waals surface area contributed by atoms with E-state index in [0.29, 0.717) is 36.5 Å². The number of ether oxygens (including phenoxy) is 2. The molecule has 0 aliphatic rings. The second-order valence-electron chi connectivity index (χ2n) is 7.97. The van der Waals surface area contributed by atoms with E-state index in [1.54, 1.807) is 6.08 Å². The molecule has 0 fully saturated rings. The number of fused-ring (bicyclic) bond motifs is 1. The predicted octanol–water partition coefficient (Wildman–Crippen LogP) is 3.41. The highest BCUT2D eigenvalue weighted by molar-refractivity contribution is 5.93. The van der Waals surface area contributed by atoms with Crippen molar-refractivity contribution in [1.29, 1.82) is 0 Å². The number of aryl methyl sites for hydroxylation is 1. The minimum Gasteiger partial charge on any atom is -0.490 e. The number of hydrogen-bond donors (Lipinski definition) is 2. The quantitative estimate of drug-likeness (QED) is 0.385. The number of hydrogen-bond acceptors (Lipinski definition) is 5. The molecule has 3 aromatic rings. The van der Waals surface area contributed by atoms with Crippen molar-refractivity contribution >= 4 is 28.9 Å². The van der Waals surface area contributed by atoms with Crippen molar-refractivity contribution in [3.05, 3.63) is 59.9 Å². The fourth-order valence-corrected chi connectivity index (χ4v) is 3.16. The van der Waals surface area contributed by atoms with Crippen LogP contribution >= 0.6 is 0 Å². The molecule has 1 aromatic heterocycles. The number of benzene rings is 2. The summed E-state index contributed by atoms with van der Waals surface area (Å²) in [6.45, 7) is 7.15. The normalized spacial score (nSPS) is 11.2. The Morgan fingerprint density at radius 1 is 1.09 bits per heavy atom. The van der Waals surface area contributed by atoms with Gasteiger partial charge in [0.15, 0.2) is 11.5 Å². The van der Waals surface area contributed by atoms with Gasteiger partial charge < -0.3 is 14.0 Å². The maximum absolute atomic E-state index is 12.2. The fourth-order valence-electron chi connectivity index (χ4n) is 3.16. The Hall–Kier alpha value is -3.81. The van der Waals surface area contributed by atoms with Crippen molar-refractivity contribution in [2.24, 2.45) is 13.0 Å². The molecule has 0 bridgehead atoms. The summed E-state index contributed by atoms with van der Waals surface area (Å²) in [7, 11) is 1.86. The third-order valence-electron chi connectivity index (χ3n) is 4.79. The molecule has 8 nitrogen and oxygen atoms in total. The first-order valence-corrected chi connectivity index (χ1v) is 10.9. The molecule has 0 unspecified atom stereocenters. The molecule has 3 rings (SSSR count). The third-order valence-corrected chi connectivity index (χ3v) is 4.79. The van der Waals surface area contributed by atoms with Crippen molar-refractivity contribution in [2.75, 3.05) is 13.2 Å². The second kappa shape index (κ2) is 11.2. The van der Waals surface area contributed by atoms with Crippen LogP contribution in [-0.2, 0) is 23.1 Å².